The van der Waals surface area contributed by atoms with Crippen LogP contribution in [-0.4, -0.2) is 23.0 Å². The Hall–Kier alpha value is -2.10. The molecule has 4 nitrogen and oxygen atoms in total. The Bertz CT molecular complexity index is 558. The summed E-state index contributed by atoms with van der Waals surface area (Å²) in [5.41, 5.74) is 2.71. The van der Waals surface area contributed by atoms with Crippen molar-refractivity contribution in [3.8, 4) is 5.75 Å². The van der Waals surface area contributed by atoms with Crippen molar-refractivity contribution in [2.45, 2.75) is 40.2 Å². The van der Waals surface area contributed by atoms with Crippen molar-refractivity contribution in [2.24, 2.45) is 0 Å². The molecule has 0 aliphatic heterocycles. The standard InChI is InChI=1S/C16H20O4/c1-6-9(2)15(17)13-7-8-14(11(4)10(13)3)20-12(5)16(18)19/h7-8,12H,2,6H2,1,3-5H3,(H,18,19). The topological polar surface area (TPSA) is 63.6 Å². The third kappa shape index (κ3) is 3.26. The maximum absolute atomic E-state index is 12.2. The molecule has 0 amide bonds. The Kier molecular flexibility index (Phi) is 5.08. The summed E-state index contributed by atoms with van der Waals surface area (Å²) >= 11 is 0. The van der Waals surface area contributed by atoms with Gasteiger partial charge in [0, 0.05) is 5.56 Å². The molecule has 0 saturated carbocycles. The monoisotopic (exact) mass is 276 g/mol. The molecule has 0 bridgehead atoms. The number of hydrogen-bond donors (Lipinski definition) is 1. The maximum Gasteiger partial charge on any atom is 0.344 e. The zero-order chi connectivity index (χ0) is 15.4. The SMILES string of the molecule is C=C(CC)C(=O)c1ccc(OC(C)C(=O)O)c(C)c1C. The molecule has 0 saturated heterocycles. The number of carbonyl (C=O) groups is 2. The van der Waals surface area contributed by atoms with Crippen LogP contribution in [0.15, 0.2) is 24.3 Å². The quantitative estimate of drug-likeness (QED) is 0.639. The van der Waals surface area contributed by atoms with Gasteiger partial charge in [-0.15, -0.1) is 0 Å². The van der Waals surface area contributed by atoms with Gasteiger partial charge in [0.15, 0.2) is 11.9 Å². The molecule has 1 aromatic rings. The van der Waals surface area contributed by atoms with Gasteiger partial charge < -0.3 is 9.84 Å². The third-order valence-corrected chi connectivity index (χ3v) is 3.38. The van der Waals surface area contributed by atoms with E-state index in [1.807, 2.05) is 20.8 Å². The second-order valence-electron chi connectivity index (χ2n) is 4.75. The number of ketones is 1. The van der Waals surface area contributed by atoms with E-state index in [-0.39, 0.29) is 5.78 Å². The molecular weight excluding hydrogens is 256 g/mol. The van der Waals surface area contributed by atoms with Crippen LogP contribution in [0.1, 0.15) is 41.8 Å². The number of benzene rings is 1. The van der Waals surface area contributed by atoms with Crippen LogP contribution < -0.4 is 4.74 Å². The number of carbonyl (C=O) groups excluding carboxylic acids is 1. The lowest BCUT2D eigenvalue weighted by Gasteiger charge is -2.16. The van der Waals surface area contributed by atoms with Crippen LogP contribution in [0.2, 0.25) is 0 Å². The second-order valence-corrected chi connectivity index (χ2v) is 4.75. The average molecular weight is 276 g/mol. The van der Waals surface area contributed by atoms with Crippen molar-refractivity contribution < 1.29 is 19.4 Å². The Labute approximate surface area is 119 Å². The molecule has 20 heavy (non-hydrogen) atoms. The summed E-state index contributed by atoms with van der Waals surface area (Å²) in [5.74, 6) is -0.622. The summed E-state index contributed by atoms with van der Waals surface area (Å²) in [6.45, 7) is 10.7. The first-order valence-corrected chi connectivity index (χ1v) is 6.51. The van der Waals surface area contributed by atoms with Gasteiger partial charge in [-0.1, -0.05) is 13.5 Å². The van der Waals surface area contributed by atoms with E-state index in [9.17, 15) is 9.59 Å². The smallest absolute Gasteiger partial charge is 0.344 e. The molecule has 1 N–H and O–H groups in total. The Balaban J connectivity index is 3.13. The molecule has 0 spiro atoms. The van der Waals surface area contributed by atoms with Gasteiger partial charge in [0.25, 0.3) is 0 Å². The molecule has 1 unspecified atom stereocenters. The first-order chi connectivity index (χ1) is 9.29. The molecule has 0 aliphatic carbocycles. The van der Waals surface area contributed by atoms with Crippen LogP contribution in [0.5, 0.6) is 5.75 Å². The lowest BCUT2D eigenvalue weighted by molar-refractivity contribution is -0.144. The molecule has 0 radical (unpaired) electrons. The van der Waals surface area contributed by atoms with Crippen LogP contribution in [-0.2, 0) is 4.79 Å². The summed E-state index contributed by atoms with van der Waals surface area (Å²) in [4.78, 5) is 23.0. The number of carboxylic acids is 1. The number of aliphatic carboxylic acids is 1. The molecule has 1 aromatic carbocycles. The predicted molar refractivity (Wildman–Crippen MR) is 77.4 cm³/mol. The second kappa shape index (κ2) is 6.37. The fourth-order valence-electron chi connectivity index (χ4n) is 1.76. The Morgan fingerprint density at radius 3 is 2.40 bits per heavy atom. The number of ether oxygens (including phenoxy) is 1. The number of rotatable bonds is 6. The fourth-order valence-corrected chi connectivity index (χ4v) is 1.76. The van der Waals surface area contributed by atoms with Crippen molar-refractivity contribution >= 4 is 11.8 Å². The normalized spacial score (nSPS) is 11.8. The molecular formula is C16H20O4. The summed E-state index contributed by atoms with van der Waals surface area (Å²) in [5, 5.41) is 8.86. The van der Waals surface area contributed by atoms with E-state index in [0.29, 0.717) is 23.3 Å². The summed E-state index contributed by atoms with van der Waals surface area (Å²) in [6, 6.07) is 3.30. The number of allylic oxidation sites excluding steroid dienone is 1. The molecule has 0 fully saturated rings. The van der Waals surface area contributed by atoms with E-state index in [0.717, 1.165) is 11.1 Å². The number of hydrogen-bond acceptors (Lipinski definition) is 3. The van der Waals surface area contributed by atoms with Crippen LogP contribution >= 0.6 is 0 Å². The minimum Gasteiger partial charge on any atom is -0.479 e. The van der Waals surface area contributed by atoms with E-state index in [1.165, 1.54) is 6.92 Å². The zero-order valence-corrected chi connectivity index (χ0v) is 12.3. The van der Waals surface area contributed by atoms with Crippen LogP contribution in [0, 0.1) is 13.8 Å². The highest BCUT2D eigenvalue weighted by Gasteiger charge is 2.18. The van der Waals surface area contributed by atoms with Crippen molar-refractivity contribution in [1.82, 2.24) is 0 Å². The lowest BCUT2D eigenvalue weighted by Crippen LogP contribution is -2.23. The van der Waals surface area contributed by atoms with E-state index in [2.05, 4.69) is 6.58 Å². The highest BCUT2D eigenvalue weighted by atomic mass is 16.5. The molecule has 1 atom stereocenters. The Morgan fingerprint density at radius 2 is 1.90 bits per heavy atom. The maximum atomic E-state index is 12.2. The van der Waals surface area contributed by atoms with Gasteiger partial charge in [0.05, 0.1) is 0 Å². The van der Waals surface area contributed by atoms with Gasteiger partial charge in [-0.2, -0.15) is 0 Å². The molecule has 4 heteroatoms. The first-order valence-electron chi connectivity index (χ1n) is 6.51. The van der Waals surface area contributed by atoms with Crippen LogP contribution in [0.4, 0.5) is 0 Å². The van der Waals surface area contributed by atoms with Gasteiger partial charge in [-0.3, -0.25) is 4.79 Å². The van der Waals surface area contributed by atoms with Crippen molar-refractivity contribution in [2.75, 3.05) is 0 Å². The first kappa shape index (κ1) is 16.0. The van der Waals surface area contributed by atoms with Gasteiger partial charge in [0.1, 0.15) is 5.75 Å². The number of carboxylic acid groups (broad SMARTS) is 1. The van der Waals surface area contributed by atoms with E-state index >= 15 is 0 Å². The zero-order valence-electron chi connectivity index (χ0n) is 12.3. The minimum absolute atomic E-state index is 0.0778. The third-order valence-electron chi connectivity index (χ3n) is 3.38. The number of Topliss-reactive ketones (excluding diaryl/α,β-unsaturated/α-hetero) is 1. The predicted octanol–water partition coefficient (Wildman–Crippen LogP) is 3.30. The molecule has 1 rings (SSSR count). The lowest BCUT2D eigenvalue weighted by atomic mass is 9.95. The summed E-state index contributed by atoms with van der Waals surface area (Å²) < 4.78 is 5.38. The van der Waals surface area contributed by atoms with Gasteiger partial charge in [-0.05, 0) is 56.0 Å². The molecule has 0 aliphatic rings. The van der Waals surface area contributed by atoms with Crippen molar-refractivity contribution in [1.29, 1.82) is 0 Å². The van der Waals surface area contributed by atoms with Gasteiger partial charge in [-0.25, -0.2) is 4.79 Å². The Morgan fingerprint density at radius 1 is 1.30 bits per heavy atom. The fraction of sp³-hybridized carbons (Fsp3) is 0.375. The highest BCUT2D eigenvalue weighted by molar-refractivity contribution is 6.09. The van der Waals surface area contributed by atoms with E-state index < -0.39 is 12.1 Å². The largest absolute Gasteiger partial charge is 0.479 e. The van der Waals surface area contributed by atoms with Gasteiger partial charge >= 0.3 is 5.97 Å². The van der Waals surface area contributed by atoms with E-state index in [1.54, 1.807) is 12.1 Å². The average Bonchev–Trinajstić information content (AvgIpc) is 2.42. The molecule has 0 aromatic heterocycles. The minimum atomic E-state index is -1.03. The highest BCUT2D eigenvalue weighted by Crippen LogP contribution is 2.27. The van der Waals surface area contributed by atoms with Crippen LogP contribution in [0.25, 0.3) is 0 Å². The van der Waals surface area contributed by atoms with Crippen molar-refractivity contribution in [3.63, 3.8) is 0 Å². The molecule has 108 valence electrons. The van der Waals surface area contributed by atoms with Gasteiger partial charge in [0.2, 0.25) is 0 Å². The van der Waals surface area contributed by atoms with Crippen LogP contribution in [0.3, 0.4) is 0 Å². The summed E-state index contributed by atoms with van der Waals surface area (Å²) in [7, 11) is 0. The summed E-state index contributed by atoms with van der Waals surface area (Å²) in [6.07, 6.45) is -0.328. The van der Waals surface area contributed by atoms with Crippen molar-refractivity contribution in [3.05, 3.63) is 41.0 Å². The molecule has 0 heterocycles. The van der Waals surface area contributed by atoms with E-state index in [4.69, 9.17) is 9.84 Å².